The quantitative estimate of drug-likeness (QED) is 0.824. The number of carboxylic acids is 1. The second kappa shape index (κ2) is 7.06. The molecule has 0 heterocycles. The fourth-order valence-corrected chi connectivity index (χ4v) is 4.54. The summed E-state index contributed by atoms with van der Waals surface area (Å²) in [5.74, 6) is -1.40. The Morgan fingerprint density at radius 2 is 1.88 bits per heavy atom. The first-order valence-electron chi connectivity index (χ1n) is 9.13. The molecule has 0 spiro atoms. The van der Waals surface area contributed by atoms with Gasteiger partial charge in [-0.3, -0.25) is 4.79 Å². The van der Waals surface area contributed by atoms with Crippen LogP contribution in [0.25, 0.3) is 0 Å². The zero-order valence-corrected chi connectivity index (χ0v) is 15.2. The van der Waals surface area contributed by atoms with Gasteiger partial charge in [-0.1, -0.05) is 31.6 Å². The van der Waals surface area contributed by atoms with Crippen LogP contribution in [-0.2, 0) is 9.53 Å². The minimum atomic E-state index is -1.15. The Bertz CT molecular complexity index is 776. The molecule has 138 valence electrons. The number of hydrogen-bond acceptors (Lipinski definition) is 4. The fourth-order valence-electron chi connectivity index (χ4n) is 4.54. The van der Waals surface area contributed by atoms with Gasteiger partial charge >= 0.3 is 11.9 Å². The first kappa shape index (κ1) is 18.4. The number of carboxylic acid groups (broad SMARTS) is 1. The van der Waals surface area contributed by atoms with Crippen LogP contribution in [0.2, 0.25) is 0 Å². The maximum Gasteiger partial charge on any atom is 0.339 e. The molecule has 0 amide bonds. The van der Waals surface area contributed by atoms with Crippen LogP contribution in [0.5, 0.6) is 0 Å². The van der Waals surface area contributed by atoms with Crippen LogP contribution >= 0.6 is 0 Å². The monoisotopic (exact) mass is 356 g/mol. The van der Waals surface area contributed by atoms with Gasteiger partial charge in [0.25, 0.3) is 0 Å². The number of aromatic carboxylic acids is 1. The van der Waals surface area contributed by atoms with E-state index in [0.29, 0.717) is 12.8 Å². The van der Waals surface area contributed by atoms with E-state index in [1.807, 2.05) is 0 Å². The molecule has 5 heteroatoms. The van der Waals surface area contributed by atoms with E-state index in [-0.39, 0.29) is 34.3 Å². The molecular formula is C21H24O5. The van der Waals surface area contributed by atoms with Crippen LogP contribution in [-0.4, -0.2) is 28.9 Å². The van der Waals surface area contributed by atoms with Gasteiger partial charge in [0.05, 0.1) is 11.1 Å². The topological polar surface area (TPSA) is 80.7 Å². The van der Waals surface area contributed by atoms with Crippen LogP contribution in [0.1, 0.15) is 66.7 Å². The Labute approximate surface area is 153 Å². The molecule has 0 radical (unpaired) electrons. The van der Waals surface area contributed by atoms with E-state index in [9.17, 15) is 19.5 Å². The van der Waals surface area contributed by atoms with Crippen molar-refractivity contribution in [3.63, 3.8) is 0 Å². The van der Waals surface area contributed by atoms with Crippen LogP contribution < -0.4 is 0 Å². The number of hydrogen-bond donors (Lipinski definition) is 1. The molecule has 5 nitrogen and oxygen atoms in total. The molecule has 0 saturated heterocycles. The summed E-state index contributed by atoms with van der Waals surface area (Å²) in [5.41, 5.74) is 0.766. The van der Waals surface area contributed by atoms with E-state index in [0.717, 1.165) is 24.8 Å². The summed E-state index contributed by atoms with van der Waals surface area (Å²) < 4.78 is 5.88. The lowest BCUT2D eigenvalue weighted by molar-refractivity contribution is -0.117. The van der Waals surface area contributed by atoms with Crippen molar-refractivity contribution >= 4 is 17.7 Å². The van der Waals surface area contributed by atoms with Crippen LogP contribution in [0.4, 0.5) is 0 Å². The van der Waals surface area contributed by atoms with Gasteiger partial charge in [0, 0.05) is 11.8 Å². The van der Waals surface area contributed by atoms with Crippen LogP contribution in [0.3, 0.4) is 0 Å². The maximum atomic E-state index is 12.8. The SMILES string of the molecule is CC(C)[C@]12CCC(=O)C=C1CCC[C@@H]2OC(=O)c1ccccc1C(=O)O. The van der Waals surface area contributed by atoms with Gasteiger partial charge < -0.3 is 9.84 Å². The zero-order valence-electron chi connectivity index (χ0n) is 15.2. The summed E-state index contributed by atoms with van der Waals surface area (Å²) >= 11 is 0. The molecule has 2 atom stereocenters. The summed E-state index contributed by atoms with van der Waals surface area (Å²) in [5, 5.41) is 9.32. The van der Waals surface area contributed by atoms with Crippen molar-refractivity contribution in [1.82, 2.24) is 0 Å². The molecular weight excluding hydrogens is 332 g/mol. The number of ketones is 1. The first-order chi connectivity index (χ1) is 12.4. The number of esters is 1. The van der Waals surface area contributed by atoms with E-state index in [4.69, 9.17) is 4.74 Å². The molecule has 0 aliphatic heterocycles. The third kappa shape index (κ3) is 3.06. The minimum Gasteiger partial charge on any atom is -0.478 e. The van der Waals surface area contributed by atoms with Gasteiger partial charge in [-0.2, -0.15) is 0 Å². The second-order valence-corrected chi connectivity index (χ2v) is 7.47. The zero-order chi connectivity index (χ0) is 18.9. The lowest BCUT2D eigenvalue weighted by Gasteiger charge is -2.50. The number of rotatable bonds is 4. The molecule has 0 aromatic heterocycles. The molecule has 0 bridgehead atoms. The number of fused-ring (bicyclic) bond motifs is 1. The van der Waals surface area contributed by atoms with Gasteiger partial charge in [0.2, 0.25) is 0 Å². The third-order valence-corrected chi connectivity index (χ3v) is 5.86. The highest BCUT2D eigenvalue weighted by molar-refractivity contribution is 6.02. The van der Waals surface area contributed by atoms with Crippen molar-refractivity contribution in [3.05, 3.63) is 47.0 Å². The summed E-state index contributed by atoms with van der Waals surface area (Å²) in [6, 6.07) is 6.11. The molecule has 1 aromatic rings. The van der Waals surface area contributed by atoms with Crippen LogP contribution in [0, 0.1) is 11.3 Å². The number of allylic oxidation sites excluding steroid dienone is 1. The Kier molecular flexibility index (Phi) is 4.99. The van der Waals surface area contributed by atoms with Crippen molar-refractivity contribution in [3.8, 4) is 0 Å². The standard InChI is InChI=1S/C21H24O5/c1-13(2)21-11-10-15(22)12-14(21)6-5-9-18(21)26-20(25)17-8-4-3-7-16(17)19(23)24/h3-4,7-8,12-13,18H,5-6,9-11H2,1-2H3,(H,23,24)/t18-,21+/m0/s1. The van der Waals surface area contributed by atoms with E-state index in [2.05, 4.69) is 13.8 Å². The first-order valence-corrected chi connectivity index (χ1v) is 9.13. The van der Waals surface area contributed by atoms with Crippen molar-refractivity contribution in [1.29, 1.82) is 0 Å². The van der Waals surface area contributed by atoms with E-state index >= 15 is 0 Å². The molecule has 1 aromatic carbocycles. The van der Waals surface area contributed by atoms with Crippen molar-refractivity contribution in [2.24, 2.45) is 11.3 Å². The van der Waals surface area contributed by atoms with Crippen molar-refractivity contribution < 1.29 is 24.2 Å². The highest BCUT2D eigenvalue weighted by Crippen LogP contribution is 2.53. The summed E-state index contributed by atoms with van der Waals surface area (Å²) in [4.78, 5) is 36.1. The maximum absolute atomic E-state index is 12.8. The van der Waals surface area contributed by atoms with Crippen LogP contribution in [0.15, 0.2) is 35.9 Å². The summed E-state index contributed by atoms with van der Waals surface area (Å²) in [6.07, 6.45) is 4.97. The largest absolute Gasteiger partial charge is 0.478 e. The van der Waals surface area contributed by atoms with Gasteiger partial charge in [-0.25, -0.2) is 9.59 Å². The molecule has 1 fully saturated rings. The molecule has 2 aliphatic rings. The smallest absolute Gasteiger partial charge is 0.339 e. The Morgan fingerprint density at radius 1 is 1.19 bits per heavy atom. The molecule has 2 aliphatic carbocycles. The summed E-state index contributed by atoms with van der Waals surface area (Å²) in [6.45, 7) is 4.20. The number of carbonyl (C=O) groups excluding carboxylic acids is 2. The number of carbonyl (C=O) groups is 3. The van der Waals surface area contributed by atoms with E-state index in [1.165, 1.54) is 12.1 Å². The molecule has 26 heavy (non-hydrogen) atoms. The van der Waals surface area contributed by atoms with Crippen molar-refractivity contribution in [2.45, 2.75) is 52.1 Å². The summed E-state index contributed by atoms with van der Waals surface area (Å²) in [7, 11) is 0. The molecule has 1 N–H and O–H groups in total. The van der Waals surface area contributed by atoms with Gasteiger partial charge in [0.15, 0.2) is 5.78 Å². The predicted molar refractivity (Wildman–Crippen MR) is 96.1 cm³/mol. The molecule has 1 saturated carbocycles. The fraction of sp³-hybridized carbons (Fsp3) is 0.476. The van der Waals surface area contributed by atoms with E-state index in [1.54, 1.807) is 18.2 Å². The Morgan fingerprint density at radius 3 is 2.54 bits per heavy atom. The van der Waals surface area contributed by atoms with E-state index < -0.39 is 11.9 Å². The average Bonchev–Trinajstić information content (AvgIpc) is 2.61. The number of ether oxygens (including phenoxy) is 1. The highest BCUT2D eigenvalue weighted by Gasteiger charge is 2.50. The molecule has 3 rings (SSSR count). The highest BCUT2D eigenvalue weighted by atomic mass is 16.5. The second-order valence-electron chi connectivity index (χ2n) is 7.47. The predicted octanol–water partition coefficient (Wildman–Crippen LogP) is 4.03. The van der Waals surface area contributed by atoms with Gasteiger partial charge in [-0.15, -0.1) is 0 Å². The normalized spacial score (nSPS) is 25.4. The van der Waals surface area contributed by atoms with Crippen molar-refractivity contribution in [2.75, 3.05) is 0 Å². The third-order valence-electron chi connectivity index (χ3n) is 5.86. The number of benzene rings is 1. The average molecular weight is 356 g/mol. The lowest BCUT2D eigenvalue weighted by Crippen LogP contribution is -2.48. The Hall–Kier alpha value is -2.43. The Balaban J connectivity index is 1.93. The lowest BCUT2D eigenvalue weighted by atomic mass is 9.57. The minimum absolute atomic E-state index is 0.0542. The van der Waals surface area contributed by atoms with Gasteiger partial charge in [0.1, 0.15) is 6.10 Å². The van der Waals surface area contributed by atoms with Gasteiger partial charge in [-0.05, 0) is 49.8 Å². The molecule has 0 unspecified atom stereocenters.